The van der Waals surface area contributed by atoms with E-state index in [0.29, 0.717) is 28.6 Å². The van der Waals surface area contributed by atoms with E-state index in [1.54, 1.807) is 39.0 Å². The van der Waals surface area contributed by atoms with E-state index in [2.05, 4.69) is 31.4 Å². The second-order valence-corrected chi connectivity index (χ2v) is 8.84. The van der Waals surface area contributed by atoms with Crippen LogP contribution in [-0.4, -0.2) is 17.4 Å². The zero-order valence-corrected chi connectivity index (χ0v) is 18.6. The Kier molecular flexibility index (Phi) is 6.96. The molecule has 0 heterocycles. The van der Waals surface area contributed by atoms with Crippen molar-refractivity contribution in [3.63, 3.8) is 0 Å². The molecule has 2 aromatic carbocycles. The minimum Gasteiger partial charge on any atom is -0.478 e. The van der Waals surface area contributed by atoms with Crippen molar-refractivity contribution in [2.24, 2.45) is 0 Å². The fourth-order valence-electron chi connectivity index (χ4n) is 2.58. The number of anilines is 2. The van der Waals surface area contributed by atoms with Crippen LogP contribution in [0.15, 0.2) is 42.5 Å². The van der Waals surface area contributed by atoms with Crippen molar-refractivity contribution in [2.45, 2.75) is 59.0 Å². The molecular weight excluding hydrogens is 388 g/mol. The topological polar surface area (TPSA) is 67.4 Å². The van der Waals surface area contributed by atoms with Gasteiger partial charge in [0, 0.05) is 12.1 Å². The van der Waals surface area contributed by atoms with Gasteiger partial charge in [0.2, 0.25) is 5.91 Å². The van der Waals surface area contributed by atoms with Crippen LogP contribution in [0.2, 0.25) is 5.02 Å². The average molecular weight is 417 g/mol. The average Bonchev–Trinajstić information content (AvgIpc) is 2.63. The molecule has 0 aliphatic carbocycles. The summed E-state index contributed by atoms with van der Waals surface area (Å²) < 4.78 is 5.93. The summed E-state index contributed by atoms with van der Waals surface area (Å²) in [4.78, 5) is 24.4. The van der Waals surface area contributed by atoms with Gasteiger partial charge in [-0.1, -0.05) is 51.4 Å². The first-order chi connectivity index (χ1) is 13.4. The van der Waals surface area contributed by atoms with Crippen molar-refractivity contribution < 1.29 is 14.3 Å². The van der Waals surface area contributed by atoms with Gasteiger partial charge in [-0.15, -0.1) is 0 Å². The first-order valence-corrected chi connectivity index (χ1v) is 10.0. The second-order valence-electron chi connectivity index (χ2n) is 8.44. The highest BCUT2D eigenvalue weighted by atomic mass is 35.5. The second kappa shape index (κ2) is 8.87. The molecule has 29 heavy (non-hydrogen) atoms. The number of carbonyl (C=O) groups excluding carboxylic acids is 2. The van der Waals surface area contributed by atoms with E-state index in [1.807, 2.05) is 24.3 Å². The van der Waals surface area contributed by atoms with Crippen LogP contribution in [0.4, 0.5) is 11.4 Å². The van der Waals surface area contributed by atoms with Crippen LogP contribution >= 0.6 is 11.6 Å². The highest BCUT2D eigenvalue weighted by molar-refractivity contribution is 6.34. The van der Waals surface area contributed by atoms with Crippen LogP contribution < -0.4 is 15.4 Å². The summed E-state index contributed by atoms with van der Waals surface area (Å²) in [6, 6.07) is 12.7. The number of halogens is 1. The smallest absolute Gasteiger partial charge is 0.268 e. The molecule has 5 nitrogen and oxygen atoms in total. The number of hydrogen-bond donors (Lipinski definition) is 2. The number of carbonyl (C=O) groups is 2. The third-order valence-electron chi connectivity index (χ3n) is 4.46. The molecule has 0 saturated carbocycles. The van der Waals surface area contributed by atoms with E-state index >= 15 is 0 Å². The van der Waals surface area contributed by atoms with Gasteiger partial charge in [-0.05, 0) is 55.2 Å². The quantitative estimate of drug-likeness (QED) is 0.626. The molecule has 0 fully saturated rings. The summed E-state index contributed by atoms with van der Waals surface area (Å²) in [5.74, 6) is 0.137. The number of nitrogens with one attached hydrogen (secondary N) is 2. The molecular formula is C23H29ClN2O3. The maximum Gasteiger partial charge on any atom is 0.268 e. The minimum absolute atomic E-state index is 0.0420. The first kappa shape index (κ1) is 22.8. The fraction of sp³-hybridized carbons (Fsp3) is 0.391. The van der Waals surface area contributed by atoms with E-state index in [1.165, 1.54) is 5.56 Å². The van der Waals surface area contributed by atoms with E-state index in [0.717, 1.165) is 0 Å². The zero-order valence-electron chi connectivity index (χ0n) is 17.9. The molecule has 2 amide bonds. The van der Waals surface area contributed by atoms with Crippen LogP contribution in [-0.2, 0) is 15.0 Å². The molecule has 0 aliphatic heterocycles. The van der Waals surface area contributed by atoms with Gasteiger partial charge in [-0.3, -0.25) is 9.59 Å². The Morgan fingerprint density at radius 1 is 0.966 bits per heavy atom. The maximum absolute atomic E-state index is 12.8. The molecule has 2 aromatic rings. The Hall–Kier alpha value is -2.53. The normalized spacial score (nSPS) is 11.7. The lowest BCUT2D eigenvalue weighted by molar-refractivity contribution is -0.128. The summed E-state index contributed by atoms with van der Waals surface area (Å²) in [7, 11) is 0. The first-order valence-electron chi connectivity index (χ1n) is 9.63. The molecule has 6 heteroatoms. The van der Waals surface area contributed by atoms with E-state index < -0.39 is 5.60 Å². The van der Waals surface area contributed by atoms with Gasteiger partial charge in [0.05, 0.1) is 10.7 Å². The number of benzene rings is 2. The van der Waals surface area contributed by atoms with Crippen molar-refractivity contribution >= 4 is 34.8 Å². The molecule has 2 N–H and O–H groups in total. The summed E-state index contributed by atoms with van der Waals surface area (Å²) in [5, 5.41) is 5.91. The summed E-state index contributed by atoms with van der Waals surface area (Å²) in [6.07, 6.45) is 0.360. The molecule has 0 spiro atoms. The fourth-order valence-corrected chi connectivity index (χ4v) is 2.75. The van der Waals surface area contributed by atoms with Crippen LogP contribution in [0.25, 0.3) is 0 Å². The standard InChI is InChI=1S/C23H29ClN2O3/c1-7-20(27)25-16-10-13-18(24)19(14-16)26-21(28)23(5,6)29-17-11-8-15(9-12-17)22(2,3)4/h8-14H,7H2,1-6H3,(H,25,27)(H,26,28). The molecule has 2 rings (SSSR count). The lowest BCUT2D eigenvalue weighted by atomic mass is 9.87. The highest BCUT2D eigenvalue weighted by Crippen LogP contribution is 2.29. The predicted octanol–water partition coefficient (Wildman–Crippen LogP) is 5.78. The van der Waals surface area contributed by atoms with Gasteiger partial charge in [0.1, 0.15) is 5.75 Å². The maximum atomic E-state index is 12.8. The predicted molar refractivity (Wildman–Crippen MR) is 119 cm³/mol. The molecule has 0 atom stereocenters. The Morgan fingerprint density at radius 3 is 2.14 bits per heavy atom. The monoisotopic (exact) mass is 416 g/mol. The molecule has 0 saturated heterocycles. The van der Waals surface area contributed by atoms with Crippen LogP contribution in [0, 0.1) is 0 Å². The third-order valence-corrected chi connectivity index (χ3v) is 4.79. The molecule has 156 valence electrons. The number of ether oxygens (including phenoxy) is 1. The zero-order chi connectivity index (χ0) is 21.8. The van der Waals surface area contributed by atoms with Crippen molar-refractivity contribution in [2.75, 3.05) is 10.6 Å². The summed E-state index contributed by atoms with van der Waals surface area (Å²) >= 11 is 6.21. The SMILES string of the molecule is CCC(=O)Nc1ccc(Cl)c(NC(=O)C(C)(C)Oc2ccc(C(C)(C)C)cc2)c1. The molecule has 0 unspecified atom stereocenters. The molecule has 0 bridgehead atoms. The minimum atomic E-state index is -1.13. The van der Waals surface area contributed by atoms with Crippen molar-refractivity contribution in [1.29, 1.82) is 0 Å². The Bertz CT molecular complexity index is 884. The van der Waals surface area contributed by atoms with E-state index in [4.69, 9.17) is 16.3 Å². The Balaban J connectivity index is 2.12. The summed E-state index contributed by atoms with van der Waals surface area (Å²) in [6.45, 7) is 11.6. The van der Waals surface area contributed by atoms with Gasteiger partial charge in [0.15, 0.2) is 5.60 Å². The number of rotatable bonds is 6. The number of hydrogen-bond acceptors (Lipinski definition) is 3. The van der Waals surface area contributed by atoms with Crippen molar-refractivity contribution in [3.05, 3.63) is 53.1 Å². The van der Waals surface area contributed by atoms with Gasteiger partial charge < -0.3 is 15.4 Å². The van der Waals surface area contributed by atoms with Gasteiger partial charge in [-0.25, -0.2) is 0 Å². The van der Waals surface area contributed by atoms with E-state index in [-0.39, 0.29) is 17.2 Å². The van der Waals surface area contributed by atoms with E-state index in [9.17, 15) is 9.59 Å². The largest absolute Gasteiger partial charge is 0.478 e. The highest BCUT2D eigenvalue weighted by Gasteiger charge is 2.30. The number of amides is 2. The van der Waals surface area contributed by atoms with Crippen LogP contribution in [0.1, 0.15) is 53.5 Å². The molecule has 0 aromatic heterocycles. The molecule has 0 aliphatic rings. The van der Waals surface area contributed by atoms with Gasteiger partial charge in [0.25, 0.3) is 5.91 Å². The Labute approximate surface area is 177 Å². The lowest BCUT2D eigenvalue weighted by Gasteiger charge is -2.26. The third kappa shape index (κ3) is 6.23. The van der Waals surface area contributed by atoms with Gasteiger partial charge in [-0.2, -0.15) is 0 Å². The van der Waals surface area contributed by atoms with Crippen LogP contribution in [0.3, 0.4) is 0 Å². The van der Waals surface area contributed by atoms with Crippen molar-refractivity contribution in [3.8, 4) is 5.75 Å². The van der Waals surface area contributed by atoms with Crippen molar-refractivity contribution in [1.82, 2.24) is 0 Å². The lowest BCUT2D eigenvalue weighted by Crippen LogP contribution is -2.42. The van der Waals surface area contributed by atoms with Crippen LogP contribution in [0.5, 0.6) is 5.75 Å². The molecule has 0 radical (unpaired) electrons. The Morgan fingerprint density at radius 2 is 1.59 bits per heavy atom. The summed E-state index contributed by atoms with van der Waals surface area (Å²) in [5.41, 5.74) is 1.07. The van der Waals surface area contributed by atoms with Gasteiger partial charge >= 0.3 is 0 Å².